The van der Waals surface area contributed by atoms with E-state index in [-0.39, 0.29) is 11.9 Å². The van der Waals surface area contributed by atoms with Crippen molar-refractivity contribution in [2.45, 2.75) is 19.6 Å². The van der Waals surface area contributed by atoms with Gasteiger partial charge in [0.25, 0.3) is 0 Å². The van der Waals surface area contributed by atoms with Crippen molar-refractivity contribution < 1.29 is 13.9 Å². The Labute approximate surface area is 171 Å². The molecule has 0 amide bonds. The number of hydrogen-bond donors (Lipinski definition) is 2. The van der Waals surface area contributed by atoms with Crippen LogP contribution < -0.4 is 20.3 Å². The van der Waals surface area contributed by atoms with Gasteiger partial charge in [0.2, 0.25) is 0 Å². The van der Waals surface area contributed by atoms with Crippen molar-refractivity contribution >= 4 is 11.6 Å². The Hall–Kier alpha value is -2.80. The number of rotatable bonds is 7. The van der Waals surface area contributed by atoms with E-state index >= 15 is 0 Å². The lowest BCUT2D eigenvalue weighted by Crippen LogP contribution is -2.41. The Kier molecular flexibility index (Phi) is 7.69. The average molecular weight is 400 g/mol. The SMILES string of the molecule is CN=C(NCc1ccc(N2CCOCC2)cc1)NCC(C)Oc1cccc(F)c1. The van der Waals surface area contributed by atoms with E-state index in [1.165, 1.54) is 23.4 Å². The Morgan fingerprint density at radius 1 is 1.17 bits per heavy atom. The standard InChI is InChI=1S/C22H29FN4O2/c1-17(29-21-5-3-4-19(23)14-21)15-25-22(24-2)26-16-18-6-8-20(9-7-18)27-10-12-28-13-11-27/h3-9,14,17H,10-13,15-16H2,1-2H3,(H2,24,25,26). The number of nitrogens with zero attached hydrogens (tertiary/aromatic N) is 2. The summed E-state index contributed by atoms with van der Waals surface area (Å²) in [5, 5.41) is 6.54. The number of morpholine rings is 1. The fourth-order valence-electron chi connectivity index (χ4n) is 3.11. The van der Waals surface area contributed by atoms with Crippen molar-refractivity contribution in [1.29, 1.82) is 0 Å². The molecule has 0 aliphatic carbocycles. The molecule has 3 rings (SSSR count). The van der Waals surface area contributed by atoms with Crippen LogP contribution in [0.3, 0.4) is 0 Å². The average Bonchev–Trinajstić information content (AvgIpc) is 2.75. The lowest BCUT2D eigenvalue weighted by molar-refractivity contribution is 0.122. The van der Waals surface area contributed by atoms with E-state index in [4.69, 9.17) is 9.47 Å². The second-order valence-electron chi connectivity index (χ2n) is 6.96. The Bertz CT molecular complexity index is 792. The van der Waals surface area contributed by atoms with E-state index in [1.54, 1.807) is 19.2 Å². The highest BCUT2D eigenvalue weighted by Crippen LogP contribution is 2.16. The largest absolute Gasteiger partial charge is 0.489 e. The number of halogens is 1. The first-order chi connectivity index (χ1) is 14.1. The van der Waals surface area contributed by atoms with Gasteiger partial charge in [0.1, 0.15) is 17.7 Å². The van der Waals surface area contributed by atoms with Crippen molar-refractivity contribution in [3.8, 4) is 5.75 Å². The zero-order valence-corrected chi connectivity index (χ0v) is 17.0. The van der Waals surface area contributed by atoms with Crippen molar-refractivity contribution in [3.63, 3.8) is 0 Å². The summed E-state index contributed by atoms with van der Waals surface area (Å²) in [5.41, 5.74) is 2.40. The minimum absolute atomic E-state index is 0.136. The lowest BCUT2D eigenvalue weighted by Gasteiger charge is -2.29. The highest BCUT2D eigenvalue weighted by atomic mass is 19.1. The molecule has 29 heavy (non-hydrogen) atoms. The quantitative estimate of drug-likeness (QED) is 0.553. The van der Waals surface area contributed by atoms with E-state index < -0.39 is 0 Å². The summed E-state index contributed by atoms with van der Waals surface area (Å²) in [5.74, 6) is 0.902. The van der Waals surface area contributed by atoms with Crippen LogP contribution in [0.4, 0.5) is 10.1 Å². The predicted octanol–water partition coefficient (Wildman–Crippen LogP) is 2.79. The maximum absolute atomic E-state index is 13.2. The number of aliphatic imine (C=N–C) groups is 1. The van der Waals surface area contributed by atoms with Gasteiger partial charge in [-0.3, -0.25) is 4.99 Å². The van der Waals surface area contributed by atoms with E-state index in [2.05, 4.69) is 44.8 Å². The summed E-state index contributed by atoms with van der Waals surface area (Å²) >= 11 is 0. The minimum atomic E-state index is -0.306. The molecule has 2 N–H and O–H groups in total. The molecule has 1 atom stereocenters. The number of benzene rings is 2. The van der Waals surface area contributed by atoms with Gasteiger partial charge < -0.3 is 25.0 Å². The molecule has 6 nitrogen and oxygen atoms in total. The van der Waals surface area contributed by atoms with Gasteiger partial charge in [-0.1, -0.05) is 18.2 Å². The molecule has 7 heteroatoms. The van der Waals surface area contributed by atoms with Crippen molar-refractivity contribution in [2.24, 2.45) is 4.99 Å². The maximum Gasteiger partial charge on any atom is 0.191 e. The fourth-order valence-corrected chi connectivity index (χ4v) is 3.11. The van der Waals surface area contributed by atoms with Crippen LogP contribution in [0, 0.1) is 5.82 Å². The summed E-state index contributed by atoms with van der Waals surface area (Å²) in [6.45, 7) is 6.58. The molecule has 1 heterocycles. The number of guanidine groups is 1. The van der Waals surface area contributed by atoms with E-state index in [1.807, 2.05) is 6.92 Å². The monoisotopic (exact) mass is 400 g/mol. The normalized spacial score (nSPS) is 15.7. The molecule has 156 valence electrons. The van der Waals surface area contributed by atoms with E-state index in [9.17, 15) is 4.39 Å². The third-order valence-electron chi connectivity index (χ3n) is 4.69. The van der Waals surface area contributed by atoms with Crippen LogP contribution in [0.2, 0.25) is 0 Å². The molecular formula is C22H29FN4O2. The smallest absolute Gasteiger partial charge is 0.191 e. The van der Waals surface area contributed by atoms with Gasteiger partial charge in [0.05, 0.1) is 19.8 Å². The third-order valence-corrected chi connectivity index (χ3v) is 4.69. The second-order valence-corrected chi connectivity index (χ2v) is 6.96. The topological polar surface area (TPSA) is 58.1 Å². The highest BCUT2D eigenvalue weighted by Gasteiger charge is 2.11. The van der Waals surface area contributed by atoms with Crippen molar-refractivity contribution in [3.05, 3.63) is 59.9 Å². The number of hydrogen-bond acceptors (Lipinski definition) is 4. The summed E-state index contributed by atoms with van der Waals surface area (Å²) < 4.78 is 24.4. The number of nitrogens with one attached hydrogen (secondary N) is 2. The summed E-state index contributed by atoms with van der Waals surface area (Å²) in [4.78, 5) is 6.58. The van der Waals surface area contributed by atoms with Crippen LogP contribution in [-0.2, 0) is 11.3 Å². The van der Waals surface area contributed by atoms with Crippen LogP contribution in [0.25, 0.3) is 0 Å². The predicted molar refractivity (Wildman–Crippen MR) is 114 cm³/mol. The maximum atomic E-state index is 13.2. The molecule has 0 saturated carbocycles. The van der Waals surface area contributed by atoms with Gasteiger partial charge in [-0.05, 0) is 36.8 Å². The van der Waals surface area contributed by atoms with Gasteiger partial charge in [-0.25, -0.2) is 4.39 Å². The molecule has 1 unspecified atom stereocenters. The van der Waals surface area contributed by atoms with Crippen LogP contribution >= 0.6 is 0 Å². The first-order valence-corrected chi connectivity index (χ1v) is 9.92. The molecule has 0 radical (unpaired) electrons. The Morgan fingerprint density at radius 2 is 1.93 bits per heavy atom. The van der Waals surface area contributed by atoms with Gasteiger partial charge in [0, 0.05) is 38.4 Å². The van der Waals surface area contributed by atoms with E-state index in [0.717, 1.165) is 26.3 Å². The fraction of sp³-hybridized carbons (Fsp3) is 0.409. The molecule has 1 aliphatic heterocycles. The zero-order valence-electron chi connectivity index (χ0n) is 17.0. The van der Waals surface area contributed by atoms with Gasteiger partial charge in [-0.15, -0.1) is 0 Å². The van der Waals surface area contributed by atoms with Gasteiger partial charge in [0.15, 0.2) is 5.96 Å². The number of anilines is 1. The second kappa shape index (κ2) is 10.7. The lowest BCUT2D eigenvalue weighted by atomic mass is 10.2. The van der Waals surface area contributed by atoms with Crippen LogP contribution in [0.1, 0.15) is 12.5 Å². The van der Waals surface area contributed by atoms with Crippen molar-refractivity contribution in [1.82, 2.24) is 10.6 Å². The molecule has 1 fully saturated rings. The summed E-state index contributed by atoms with van der Waals surface area (Å²) in [6, 6.07) is 14.7. The Morgan fingerprint density at radius 3 is 2.62 bits per heavy atom. The minimum Gasteiger partial charge on any atom is -0.489 e. The molecule has 1 aliphatic rings. The molecule has 1 saturated heterocycles. The zero-order chi connectivity index (χ0) is 20.5. The summed E-state index contributed by atoms with van der Waals surface area (Å²) in [6.07, 6.45) is -0.136. The molecule has 0 aromatic heterocycles. The Balaban J connectivity index is 1.42. The first kappa shape index (κ1) is 20.9. The van der Waals surface area contributed by atoms with Gasteiger partial charge >= 0.3 is 0 Å². The molecule has 0 bridgehead atoms. The van der Waals surface area contributed by atoms with Crippen LogP contribution in [-0.4, -0.2) is 52.0 Å². The molecule has 2 aromatic rings. The summed E-state index contributed by atoms with van der Waals surface area (Å²) in [7, 11) is 1.73. The third kappa shape index (κ3) is 6.64. The van der Waals surface area contributed by atoms with Crippen LogP contribution in [0.5, 0.6) is 5.75 Å². The molecule has 0 spiro atoms. The van der Waals surface area contributed by atoms with E-state index in [0.29, 0.717) is 24.8 Å². The van der Waals surface area contributed by atoms with Crippen molar-refractivity contribution in [2.75, 3.05) is 44.8 Å². The first-order valence-electron chi connectivity index (χ1n) is 9.92. The highest BCUT2D eigenvalue weighted by molar-refractivity contribution is 5.79. The van der Waals surface area contributed by atoms with Gasteiger partial charge in [-0.2, -0.15) is 0 Å². The molecule has 2 aromatic carbocycles. The van der Waals surface area contributed by atoms with Crippen LogP contribution in [0.15, 0.2) is 53.5 Å². The number of ether oxygens (including phenoxy) is 2. The molecular weight excluding hydrogens is 371 g/mol.